The smallest absolute Gasteiger partial charge is 0.0341 e. The highest BCUT2D eigenvalue weighted by Crippen LogP contribution is 2.14. The first-order chi connectivity index (χ1) is 9.19. The fraction of sp³-hybridized carbons (Fsp3) is 0.625. The van der Waals surface area contributed by atoms with E-state index in [1.165, 1.54) is 25.1 Å². The third kappa shape index (κ3) is 6.44. The lowest BCUT2D eigenvalue weighted by Crippen LogP contribution is -2.33. The highest BCUT2D eigenvalue weighted by Gasteiger charge is 2.09. The minimum atomic E-state index is 0.840. The Balaban J connectivity index is 2.31. The number of anilines is 1. The Morgan fingerprint density at radius 2 is 1.74 bits per heavy atom. The molecule has 2 nitrogen and oxygen atoms in total. The van der Waals surface area contributed by atoms with Gasteiger partial charge in [-0.25, -0.2) is 0 Å². The predicted molar refractivity (Wildman–Crippen MR) is 88.8 cm³/mol. The Morgan fingerprint density at radius 1 is 1.11 bits per heavy atom. The minimum absolute atomic E-state index is 0.840. The molecule has 0 atom stereocenters. The van der Waals surface area contributed by atoms with Crippen LogP contribution in [0.2, 0.25) is 0 Å². The normalized spacial score (nSPS) is 11.3. The Kier molecular flexibility index (Phi) is 8.15. The van der Waals surface area contributed by atoms with Gasteiger partial charge in [0.15, 0.2) is 0 Å². The SMILES string of the molecule is CCC(CC)CN(CC)CCNc1ccc(Br)cc1. The van der Waals surface area contributed by atoms with Crippen LogP contribution in [0.3, 0.4) is 0 Å². The largest absolute Gasteiger partial charge is 0.384 e. The van der Waals surface area contributed by atoms with E-state index in [2.05, 4.69) is 71.2 Å². The molecule has 0 radical (unpaired) electrons. The van der Waals surface area contributed by atoms with Crippen LogP contribution in [0.15, 0.2) is 28.7 Å². The fourth-order valence-electron chi connectivity index (χ4n) is 2.22. The summed E-state index contributed by atoms with van der Waals surface area (Å²) in [4.78, 5) is 2.55. The Bertz CT molecular complexity index is 333. The van der Waals surface area contributed by atoms with Crippen molar-refractivity contribution < 1.29 is 0 Å². The molecule has 1 N–H and O–H groups in total. The molecule has 0 saturated carbocycles. The van der Waals surface area contributed by atoms with E-state index in [9.17, 15) is 0 Å². The van der Waals surface area contributed by atoms with Gasteiger partial charge in [0.2, 0.25) is 0 Å². The highest BCUT2D eigenvalue weighted by atomic mass is 79.9. The van der Waals surface area contributed by atoms with E-state index >= 15 is 0 Å². The maximum Gasteiger partial charge on any atom is 0.0341 e. The first-order valence-corrected chi connectivity index (χ1v) is 8.20. The first kappa shape index (κ1) is 16.5. The van der Waals surface area contributed by atoms with E-state index in [0.29, 0.717) is 0 Å². The predicted octanol–water partition coefficient (Wildman–Crippen LogP) is 4.62. The van der Waals surface area contributed by atoms with E-state index in [4.69, 9.17) is 0 Å². The van der Waals surface area contributed by atoms with Crippen molar-refractivity contribution in [2.24, 2.45) is 5.92 Å². The van der Waals surface area contributed by atoms with Crippen LogP contribution < -0.4 is 5.32 Å². The van der Waals surface area contributed by atoms with Crippen molar-refractivity contribution in [1.29, 1.82) is 0 Å². The summed E-state index contributed by atoms with van der Waals surface area (Å²) < 4.78 is 1.13. The molecule has 1 rings (SSSR count). The third-order valence-electron chi connectivity index (χ3n) is 3.72. The summed E-state index contributed by atoms with van der Waals surface area (Å²) in [7, 11) is 0. The van der Waals surface area contributed by atoms with Crippen LogP contribution in [-0.4, -0.2) is 31.1 Å². The molecule has 0 aliphatic rings. The van der Waals surface area contributed by atoms with Gasteiger partial charge in [0.1, 0.15) is 0 Å². The number of nitrogens with one attached hydrogen (secondary N) is 1. The molecular weight excluding hydrogens is 300 g/mol. The molecule has 19 heavy (non-hydrogen) atoms. The number of hydrogen-bond donors (Lipinski definition) is 1. The molecule has 0 aliphatic carbocycles. The number of likely N-dealkylation sites (N-methyl/N-ethyl adjacent to an activating group) is 1. The fourth-order valence-corrected chi connectivity index (χ4v) is 2.48. The Morgan fingerprint density at radius 3 is 2.26 bits per heavy atom. The topological polar surface area (TPSA) is 15.3 Å². The van der Waals surface area contributed by atoms with Crippen molar-refractivity contribution in [2.45, 2.75) is 33.6 Å². The van der Waals surface area contributed by atoms with Crippen molar-refractivity contribution in [3.05, 3.63) is 28.7 Å². The standard InChI is InChI=1S/C16H27BrN2/c1-4-14(5-2)13-19(6-3)12-11-18-16-9-7-15(17)8-10-16/h7-10,14,18H,4-6,11-13H2,1-3H3. The number of hydrogen-bond acceptors (Lipinski definition) is 2. The number of rotatable bonds is 9. The van der Waals surface area contributed by atoms with E-state index in [1.54, 1.807) is 0 Å². The van der Waals surface area contributed by atoms with E-state index < -0.39 is 0 Å². The van der Waals surface area contributed by atoms with Crippen molar-refractivity contribution in [1.82, 2.24) is 4.90 Å². The minimum Gasteiger partial charge on any atom is -0.384 e. The molecule has 0 bridgehead atoms. The third-order valence-corrected chi connectivity index (χ3v) is 4.25. The maximum absolute atomic E-state index is 3.48. The molecule has 3 heteroatoms. The summed E-state index contributed by atoms with van der Waals surface area (Å²) in [6, 6.07) is 8.37. The van der Waals surface area contributed by atoms with Gasteiger partial charge in [0, 0.05) is 29.8 Å². The second kappa shape index (κ2) is 9.38. The zero-order valence-corrected chi connectivity index (χ0v) is 14.0. The quantitative estimate of drug-likeness (QED) is 0.712. The Labute approximate surface area is 126 Å². The molecule has 108 valence electrons. The van der Waals surface area contributed by atoms with Crippen molar-refractivity contribution >= 4 is 21.6 Å². The van der Waals surface area contributed by atoms with Crippen LogP contribution >= 0.6 is 15.9 Å². The van der Waals surface area contributed by atoms with Gasteiger partial charge in [-0.2, -0.15) is 0 Å². The van der Waals surface area contributed by atoms with Crippen LogP contribution in [0.5, 0.6) is 0 Å². The second-order valence-electron chi connectivity index (χ2n) is 5.01. The van der Waals surface area contributed by atoms with Crippen LogP contribution in [0, 0.1) is 5.92 Å². The molecule has 0 unspecified atom stereocenters. The van der Waals surface area contributed by atoms with Gasteiger partial charge in [0.05, 0.1) is 0 Å². The second-order valence-corrected chi connectivity index (χ2v) is 5.93. The first-order valence-electron chi connectivity index (χ1n) is 7.41. The van der Waals surface area contributed by atoms with E-state index in [0.717, 1.165) is 30.0 Å². The van der Waals surface area contributed by atoms with E-state index in [1.807, 2.05) is 0 Å². The van der Waals surface area contributed by atoms with Crippen LogP contribution in [0.1, 0.15) is 33.6 Å². The lowest BCUT2D eigenvalue weighted by molar-refractivity contribution is 0.241. The molecule has 0 heterocycles. The molecule has 1 aromatic carbocycles. The van der Waals surface area contributed by atoms with Crippen LogP contribution in [0.4, 0.5) is 5.69 Å². The summed E-state index contributed by atoms with van der Waals surface area (Å²) >= 11 is 3.45. The summed E-state index contributed by atoms with van der Waals surface area (Å²) in [6.07, 6.45) is 2.57. The van der Waals surface area contributed by atoms with Crippen molar-refractivity contribution in [2.75, 3.05) is 31.5 Å². The molecule has 1 aromatic rings. The van der Waals surface area contributed by atoms with Gasteiger partial charge >= 0.3 is 0 Å². The van der Waals surface area contributed by atoms with Gasteiger partial charge in [-0.3, -0.25) is 0 Å². The molecular formula is C16H27BrN2. The average molecular weight is 327 g/mol. The molecule has 0 amide bonds. The van der Waals surface area contributed by atoms with Gasteiger partial charge in [-0.15, -0.1) is 0 Å². The van der Waals surface area contributed by atoms with E-state index in [-0.39, 0.29) is 0 Å². The lowest BCUT2D eigenvalue weighted by Gasteiger charge is -2.25. The summed E-state index contributed by atoms with van der Waals surface area (Å²) in [5.74, 6) is 0.840. The molecule has 0 fully saturated rings. The van der Waals surface area contributed by atoms with Crippen LogP contribution in [0.25, 0.3) is 0 Å². The zero-order valence-electron chi connectivity index (χ0n) is 12.5. The zero-order chi connectivity index (χ0) is 14.1. The molecule has 0 aliphatic heterocycles. The van der Waals surface area contributed by atoms with Gasteiger partial charge < -0.3 is 10.2 Å². The van der Waals surface area contributed by atoms with Gasteiger partial charge in [-0.1, -0.05) is 49.5 Å². The highest BCUT2D eigenvalue weighted by molar-refractivity contribution is 9.10. The van der Waals surface area contributed by atoms with Crippen LogP contribution in [-0.2, 0) is 0 Å². The van der Waals surface area contributed by atoms with Gasteiger partial charge in [-0.05, 0) is 36.7 Å². The van der Waals surface area contributed by atoms with Crippen molar-refractivity contribution in [3.63, 3.8) is 0 Å². The van der Waals surface area contributed by atoms with Crippen molar-refractivity contribution in [3.8, 4) is 0 Å². The number of halogens is 1. The molecule has 0 spiro atoms. The Hall–Kier alpha value is -0.540. The van der Waals surface area contributed by atoms with Gasteiger partial charge in [0.25, 0.3) is 0 Å². The molecule has 0 saturated heterocycles. The maximum atomic E-state index is 3.48. The average Bonchev–Trinajstić information content (AvgIpc) is 2.44. The summed E-state index contributed by atoms with van der Waals surface area (Å²) in [5, 5.41) is 3.48. The number of nitrogens with zero attached hydrogens (tertiary/aromatic N) is 1. The lowest BCUT2D eigenvalue weighted by atomic mass is 10.0. The number of benzene rings is 1. The summed E-state index contributed by atoms with van der Waals surface area (Å²) in [6.45, 7) is 11.3. The molecule has 0 aromatic heterocycles. The summed E-state index contributed by atoms with van der Waals surface area (Å²) in [5.41, 5.74) is 1.20. The monoisotopic (exact) mass is 326 g/mol.